The number of ether oxygens (including phenoxy) is 1. The van der Waals surface area contributed by atoms with E-state index >= 15 is 0 Å². The lowest BCUT2D eigenvalue weighted by Gasteiger charge is -2.32. The van der Waals surface area contributed by atoms with E-state index in [1.807, 2.05) is 45.0 Å². The van der Waals surface area contributed by atoms with Crippen molar-refractivity contribution in [1.82, 2.24) is 10.2 Å². The molecule has 1 atom stereocenters. The minimum atomic E-state index is -4.12. The van der Waals surface area contributed by atoms with Crippen LogP contribution in [0, 0.1) is 6.92 Å². The topological polar surface area (TPSA) is 96.0 Å². The van der Waals surface area contributed by atoms with E-state index in [0.717, 1.165) is 15.4 Å². The van der Waals surface area contributed by atoms with Crippen LogP contribution in [0.2, 0.25) is 0 Å². The molecule has 3 aromatic rings. The van der Waals surface area contributed by atoms with Gasteiger partial charge < -0.3 is 15.0 Å². The molecule has 0 saturated carbocycles. The number of methoxy groups -OCH3 is 1. The molecule has 0 fully saturated rings. The van der Waals surface area contributed by atoms with E-state index in [0.29, 0.717) is 11.4 Å². The van der Waals surface area contributed by atoms with Crippen LogP contribution in [0.4, 0.5) is 5.69 Å². The molecule has 0 aliphatic heterocycles. The van der Waals surface area contributed by atoms with Crippen LogP contribution in [0.1, 0.15) is 31.9 Å². The zero-order valence-electron chi connectivity index (χ0n) is 22.4. The lowest BCUT2D eigenvalue weighted by atomic mass is 10.1. The first kappa shape index (κ1) is 28.7. The van der Waals surface area contributed by atoms with Gasteiger partial charge in [-0.05, 0) is 75.2 Å². The standard InChI is InChI=1S/C29H35N3O5S/c1-21(2)30-29(34)23(4)31(19-24-12-10-9-11-22(24)3)28(33)20-32(25-13-7-6-8-14-25)38(35,36)27-17-15-26(37-5)16-18-27/h6-18,21,23H,19-20H2,1-5H3,(H,30,34)/t23-/m1/s1. The third-order valence-electron chi connectivity index (χ3n) is 6.17. The molecular weight excluding hydrogens is 502 g/mol. The highest BCUT2D eigenvalue weighted by Crippen LogP contribution is 2.26. The number of rotatable bonds is 11. The summed E-state index contributed by atoms with van der Waals surface area (Å²) in [6.45, 7) is 6.94. The van der Waals surface area contributed by atoms with Gasteiger partial charge in [-0.2, -0.15) is 0 Å². The number of sulfonamides is 1. The molecule has 0 heterocycles. The Labute approximate surface area is 225 Å². The number of carbonyl (C=O) groups is 2. The predicted octanol–water partition coefficient (Wildman–Crippen LogP) is 4.14. The fraction of sp³-hybridized carbons (Fsp3) is 0.310. The van der Waals surface area contributed by atoms with Crippen LogP contribution in [-0.2, 0) is 26.2 Å². The molecule has 0 bridgehead atoms. The van der Waals surface area contributed by atoms with Crippen LogP contribution in [-0.4, -0.2) is 50.9 Å². The molecule has 0 saturated heterocycles. The Hall–Kier alpha value is -3.85. The van der Waals surface area contributed by atoms with E-state index in [1.54, 1.807) is 49.4 Å². The van der Waals surface area contributed by atoms with Crippen LogP contribution >= 0.6 is 0 Å². The van der Waals surface area contributed by atoms with Gasteiger partial charge in [-0.1, -0.05) is 42.5 Å². The van der Waals surface area contributed by atoms with Crippen molar-refractivity contribution in [2.75, 3.05) is 18.0 Å². The fourth-order valence-electron chi connectivity index (χ4n) is 3.96. The minimum absolute atomic E-state index is 0.0195. The Bertz CT molecular complexity index is 1340. The first-order chi connectivity index (χ1) is 18.0. The summed E-state index contributed by atoms with van der Waals surface area (Å²) in [6.07, 6.45) is 0. The Balaban J connectivity index is 2.01. The first-order valence-corrected chi connectivity index (χ1v) is 13.8. The van der Waals surface area contributed by atoms with Gasteiger partial charge in [-0.3, -0.25) is 13.9 Å². The van der Waals surface area contributed by atoms with Crippen molar-refractivity contribution in [2.24, 2.45) is 0 Å². The highest BCUT2D eigenvalue weighted by atomic mass is 32.2. The van der Waals surface area contributed by atoms with Crippen LogP contribution < -0.4 is 14.4 Å². The second kappa shape index (κ2) is 12.6. The zero-order chi connectivity index (χ0) is 27.9. The van der Waals surface area contributed by atoms with Gasteiger partial charge >= 0.3 is 0 Å². The van der Waals surface area contributed by atoms with Crippen LogP contribution in [0.3, 0.4) is 0 Å². The number of anilines is 1. The second-order valence-electron chi connectivity index (χ2n) is 9.31. The number of hydrogen-bond donors (Lipinski definition) is 1. The summed E-state index contributed by atoms with van der Waals surface area (Å²) in [5.41, 5.74) is 2.17. The van der Waals surface area contributed by atoms with Crippen LogP contribution in [0.5, 0.6) is 5.75 Å². The van der Waals surface area contributed by atoms with Gasteiger partial charge in [0.2, 0.25) is 11.8 Å². The molecule has 8 nitrogen and oxygen atoms in total. The van der Waals surface area contributed by atoms with Gasteiger partial charge in [0.25, 0.3) is 10.0 Å². The van der Waals surface area contributed by atoms with Gasteiger partial charge in [-0.15, -0.1) is 0 Å². The van der Waals surface area contributed by atoms with Crippen molar-refractivity contribution >= 4 is 27.5 Å². The molecule has 0 radical (unpaired) electrons. The molecule has 38 heavy (non-hydrogen) atoms. The summed E-state index contributed by atoms with van der Waals surface area (Å²) in [4.78, 5) is 28.3. The molecule has 0 aliphatic rings. The van der Waals surface area contributed by atoms with Crippen molar-refractivity contribution in [3.63, 3.8) is 0 Å². The van der Waals surface area contributed by atoms with Crippen molar-refractivity contribution in [3.8, 4) is 5.75 Å². The normalized spacial score (nSPS) is 12.1. The quantitative estimate of drug-likeness (QED) is 0.397. The van der Waals surface area contributed by atoms with Gasteiger partial charge in [0.15, 0.2) is 0 Å². The smallest absolute Gasteiger partial charge is 0.264 e. The second-order valence-corrected chi connectivity index (χ2v) is 11.2. The highest BCUT2D eigenvalue weighted by Gasteiger charge is 2.32. The number of nitrogens with one attached hydrogen (secondary N) is 1. The Morgan fingerprint density at radius 1 is 0.895 bits per heavy atom. The summed E-state index contributed by atoms with van der Waals surface area (Å²) in [6, 6.07) is 21.1. The fourth-order valence-corrected chi connectivity index (χ4v) is 5.37. The zero-order valence-corrected chi connectivity index (χ0v) is 23.2. The average molecular weight is 538 g/mol. The minimum Gasteiger partial charge on any atom is -0.497 e. The Morgan fingerprint density at radius 2 is 1.50 bits per heavy atom. The van der Waals surface area contributed by atoms with Crippen molar-refractivity contribution in [2.45, 2.75) is 51.2 Å². The van der Waals surface area contributed by atoms with Crippen LogP contribution in [0.25, 0.3) is 0 Å². The highest BCUT2D eigenvalue weighted by molar-refractivity contribution is 7.92. The lowest BCUT2D eigenvalue weighted by Crippen LogP contribution is -2.52. The van der Waals surface area contributed by atoms with Gasteiger partial charge in [0.1, 0.15) is 18.3 Å². The lowest BCUT2D eigenvalue weighted by molar-refractivity contribution is -0.139. The van der Waals surface area contributed by atoms with E-state index in [1.165, 1.54) is 24.1 Å². The molecule has 3 aromatic carbocycles. The Kier molecular flexibility index (Phi) is 9.52. The average Bonchev–Trinajstić information content (AvgIpc) is 2.90. The van der Waals surface area contributed by atoms with E-state index in [9.17, 15) is 18.0 Å². The maximum Gasteiger partial charge on any atom is 0.264 e. The van der Waals surface area contributed by atoms with E-state index < -0.39 is 28.5 Å². The molecule has 0 unspecified atom stereocenters. The van der Waals surface area contributed by atoms with Crippen molar-refractivity contribution in [1.29, 1.82) is 0 Å². The first-order valence-electron chi connectivity index (χ1n) is 12.4. The number of amides is 2. The number of carbonyl (C=O) groups excluding carboxylic acids is 2. The van der Waals surface area contributed by atoms with Gasteiger partial charge in [-0.25, -0.2) is 8.42 Å². The van der Waals surface area contributed by atoms with Crippen molar-refractivity contribution in [3.05, 3.63) is 90.0 Å². The molecule has 9 heteroatoms. The van der Waals surface area contributed by atoms with Gasteiger partial charge in [0.05, 0.1) is 17.7 Å². The molecule has 202 valence electrons. The predicted molar refractivity (Wildman–Crippen MR) is 148 cm³/mol. The summed E-state index contributed by atoms with van der Waals surface area (Å²) >= 11 is 0. The largest absolute Gasteiger partial charge is 0.497 e. The number of nitrogens with zero attached hydrogens (tertiary/aromatic N) is 2. The summed E-state index contributed by atoms with van der Waals surface area (Å²) in [5.74, 6) is -0.299. The maximum atomic E-state index is 13.9. The van der Waals surface area contributed by atoms with Gasteiger partial charge in [0, 0.05) is 12.6 Å². The monoisotopic (exact) mass is 537 g/mol. The SMILES string of the molecule is COc1ccc(S(=O)(=O)N(CC(=O)N(Cc2ccccc2C)[C@H](C)C(=O)NC(C)C)c2ccccc2)cc1. The van der Waals surface area contributed by atoms with Crippen LogP contribution in [0.15, 0.2) is 83.8 Å². The molecule has 1 N–H and O–H groups in total. The number of hydrogen-bond acceptors (Lipinski definition) is 5. The molecule has 0 aromatic heterocycles. The number of benzene rings is 3. The summed E-state index contributed by atoms with van der Waals surface area (Å²) < 4.78 is 33.8. The molecular formula is C29H35N3O5S. The molecule has 2 amide bonds. The maximum absolute atomic E-state index is 13.9. The Morgan fingerprint density at radius 3 is 2.08 bits per heavy atom. The third kappa shape index (κ3) is 6.92. The van der Waals surface area contributed by atoms with E-state index in [4.69, 9.17) is 4.74 Å². The number of aryl methyl sites for hydroxylation is 1. The van der Waals surface area contributed by atoms with E-state index in [2.05, 4.69) is 5.32 Å². The number of para-hydroxylation sites is 1. The molecule has 3 rings (SSSR count). The molecule has 0 aliphatic carbocycles. The summed E-state index contributed by atoms with van der Waals surface area (Å²) in [5, 5.41) is 2.85. The third-order valence-corrected chi connectivity index (χ3v) is 7.96. The summed E-state index contributed by atoms with van der Waals surface area (Å²) in [7, 11) is -2.63. The molecule has 0 spiro atoms. The van der Waals surface area contributed by atoms with Crippen molar-refractivity contribution < 1.29 is 22.7 Å². The van der Waals surface area contributed by atoms with E-state index in [-0.39, 0.29) is 23.4 Å².